The van der Waals surface area contributed by atoms with E-state index in [1.54, 1.807) is 27.7 Å². The first-order valence-corrected chi connectivity index (χ1v) is 12.9. The molecule has 2 amide bonds. The van der Waals surface area contributed by atoms with Gasteiger partial charge in [-0.15, -0.1) is 0 Å². The number of methoxy groups -OCH3 is 1. The Balaban J connectivity index is 1.36. The number of hydrazone groups is 1. The van der Waals surface area contributed by atoms with Gasteiger partial charge in [-0.05, 0) is 36.4 Å². The lowest BCUT2D eigenvalue weighted by Gasteiger charge is -2.18. The normalized spacial score (nSPS) is 15.2. The highest BCUT2D eigenvalue weighted by atomic mass is 35.5. The molecule has 1 aromatic heterocycles. The highest BCUT2D eigenvalue weighted by Gasteiger charge is 2.35. The van der Waals surface area contributed by atoms with Crippen molar-refractivity contribution in [1.82, 2.24) is 15.0 Å². The molecule has 0 saturated carbocycles. The highest BCUT2D eigenvalue weighted by molar-refractivity contribution is 6.33. The number of nitro benzene ring substituents is 1. The van der Waals surface area contributed by atoms with E-state index >= 15 is 0 Å². The molecule has 13 heteroatoms. The van der Waals surface area contributed by atoms with E-state index in [1.807, 2.05) is 24.3 Å². The van der Waals surface area contributed by atoms with Gasteiger partial charge in [0.15, 0.2) is 0 Å². The number of aromatic nitrogens is 2. The van der Waals surface area contributed by atoms with Crippen LogP contribution in [0, 0.1) is 10.1 Å². The van der Waals surface area contributed by atoms with E-state index in [1.165, 1.54) is 31.5 Å². The van der Waals surface area contributed by atoms with E-state index in [2.05, 4.69) is 10.5 Å². The zero-order valence-corrected chi connectivity index (χ0v) is 22.6. The number of imidazole rings is 1. The number of non-ortho nitro benzene ring substituents is 1. The van der Waals surface area contributed by atoms with Crippen molar-refractivity contribution in [2.24, 2.45) is 5.10 Å². The molecule has 5 rings (SSSR count). The Morgan fingerprint density at radius 1 is 1.20 bits per heavy atom. The average molecular weight is 581 g/mol. The molecule has 1 N–H and O–H groups in total. The van der Waals surface area contributed by atoms with Crippen LogP contribution in [0.4, 0.5) is 11.4 Å². The van der Waals surface area contributed by atoms with Crippen LogP contribution in [0.25, 0.3) is 11.0 Å². The molecule has 3 aromatic carbocycles. The SMILES string of the molecule is COc1ccc(N2CC(c3nc4ccccc4n3CC(=O)N/N=C/c3cc([N+](=O)[O-])ccc3Cl)CC2=O)cc1Cl. The van der Waals surface area contributed by atoms with Crippen molar-refractivity contribution in [1.29, 1.82) is 0 Å². The van der Waals surface area contributed by atoms with Gasteiger partial charge in [0.05, 0.1) is 34.3 Å². The van der Waals surface area contributed by atoms with Gasteiger partial charge in [0, 0.05) is 47.3 Å². The Morgan fingerprint density at radius 3 is 2.75 bits per heavy atom. The van der Waals surface area contributed by atoms with Crippen molar-refractivity contribution in [3.63, 3.8) is 0 Å². The van der Waals surface area contributed by atoms with Crippen LogP contribution < -0.4 is 15.1 Å². The standard InChI is InChI=1S/C27H22Cl2N6O5/c1-40-24-9-7-18(12-21(24)29)33-14-17(11-26(33)37)27-31-22-4-2-3-5-23(22)34(27)15-25(36)32-30-13-16-10-19(35(38)39)6-8-20(16)28/h2-10,12-13,17H,11,14-15H2,1H3,(H,32,36)/b30-13+. The molecule has 4 aromatic rings. The Morgan fingerprint density at radius 2 is 2.00 bits per heavy atom. The molecule has 40 heavy (non-hydrogen) atoms. The number of ether oxygens (including phenoxy) is 1. The Labute approximate surface area is 238 Å². The monoisotopic (exact) mass is 580 g/mol. The summed E-state index contributed by atoms with van der Waals surface area (Å²) in [5.41, 5.74) is 4.64. The molecule has 1 atom stereocenters. The average Bonchev–Trinajstić information content (AvgIpc) is 3.50. The number of hydrogen-bond acceptors (Lipinski definition) is 7. The van der Waals surface area contributed by atoms with Crippen molar-refractivity contribution in [3.8, 4) is 5.75 Å². The molecule has 1 saturated heterocycles. The van der Waals surface area contributed by atoms with Crippen LogP contribution >= 0.6 is 23.2 Å². The quantitative estimate of drug-likeness (QED) is 0.178. The number of anilines is 1. The number of nitrogens with one attached hydrogen (secondary N) is 1. The molecule has 1 aliphatic rings. The second-order valence-electron chi connectivity index (χ2n) is 9.03. The van der Waals surface area contributed by atoms with Gasteiger partial charge in [-0.1, -0.05) is 35.3 Å². The van der Waals surface area contributed by atoms with Crippen LogP contribution in [0.3, 0.4) is 0 Å². The number of benzene rings is 3. The summed E-state index contributed by atoms with van der Waals surface area (Å²) in [5.74, 6) is 0.285. The summed E-state index contributed by atoms with van der Waals surface area (Å²) < 4.78 is 6.98. The maximum Gasteiger partial charge on any atom is 0.270 e. The number of nitrogens with zero attached hydrogens (tertiary/aromatic N) is 5. The minimum Gasteiger partial charge on any atom is -0.495 e. The van der Waals surface area contributed by atoms with Crippen molar-refractivity contribution >= 4 is 63.6 Å². The van der Waals surface area contributed by atoms with E-state index in [0.29, 0.717) is 34.3 Å². The number of rotatable bonds is 8. The lowest BCUT2D eigenvalue weighted by atomic mass is 10.1. The van der Waals surface area contributed by atoms with Gasteiger partial charge in [0.2, 0.25) is 5.91 Å². The fourth-order valence-corrected chi connectivity index (χ4v) is 5.04. The molecule has 0 spiro atoms. The van der Waals surface area contributed by atoms with E-state index in [-0.39, 0.29) is 41.1 Å². The van der Waals surface area contributed by atoms with Crippen molar-refractivity contribution in [3.05, 3.63) is 92.2 Å². The third-order valence-corrected chi connectivity index (χ3v) is 7.15. The first-order chi connectivity index (χ1) is 19.2. The number of amides is 2. The molecule has 1 aliphatic heterocycles. The second-order valence-corrected chi connectivity index (χ2v) is 9.84. The number of hydrogen-bond donors (Lipinski definition) is 1. The molecule has 0 bridgehead atoms. The Hall–Kier alpha value is -4.48. The summed E-state index contributed by atoms with van der Waals surface area (Å²) in [7, 11) is 1.52. The molecule has 11 nitrogen and oxygen atoms in total. The number of carbonyl (C=O) groups is 2. The van der Waals surface area contributed by atoms with Crippen LogP contribution in [-0.4, -0.2) is 46.2 Å². The van der Waals surface area contributed by atoms with Crippen LogP contribution in [0.5, 0.6) is 5.75 Å². The lowest BCUT2D eigenvalue weighted by Crippen LogP contribution is -2.26. The summed E-state index contributed by atoms with van der Waals surface area (Å²) in [6.45, 7) is 0.241. The number of para-hydroxylation sites is 2. The summed E-state index contributed by atoms with van der Waals surface area (Å²) in [5, 5.41) is 15.6. The van der Waals surface area contributed by atoms with Crippen LogP contribution in [0.1, 0.15) is 23.7 Å². The van der Waals surface area contributed by atoms with Gasteiger partial charge >= 0.3 is 0 Å². The number of fused-ring (bicyclic) bond motifs is 1. The summed E-state index contributed by atoms with van der Waals surface area (Å²) >= 11 is 12.4. The van der Waals surface area contributed by atoms with E-state index in [4.69, 9.17) is 32.9 Å². The molecule has 204 valence electrons. The molecule has 1 unspecified atom stereocenters. The van der Waals surface area contributed by atoms with Gasteiger partial charge in [-0.25, -0.2) is 10.4 Å². The smallest absolute Gasteiger partial charge is 0.270 e. The predicted octanol–water partition coefficient (Wildman–Crippen LogP) is 4.93. The van der Waals surface area contributed by atoms with Crippen LogP contribution in [0.2, 0.25) is 10.0 Å². The van der Waals surface area contributed by atoms with Gasteiger partial charge in [0.25, 0.3) is 11.6 Å². The van der Waals surface area contributed by atoms with E-state index < -0.39 is 10.8 Å². The third-order valence-electron chi connectivity index (χ3n) is 6.51. The number of halogens is 2. The minimum absolute atomic E-state index is 0.0901. The highest BCUT2D eigenvalue weighted by Crippen LogP contribution is 2.36. The van der Waals surface area contributed by atoms with Crippen molar-refractivity contribution < 1.29 is 19.2 Å². The van der Waals surface area contributed by atoms with Gasteiger partial charge in [-0.3, -0.25) is 19.7 Å². The maximum atomic E-state index is 13.0. The van der Waals surface area contributed by atoms with E-state index in [9.17, 15) is 19.7 Å². The zero-order valence-electron chi connectivity index (χ0n) is 21.1. The molecular formula is C27H22Cl2N6O5. The van der Waals surface area contributed by atoms with Crippen molar-refractivity contribution in [2.45, 2.75) is 18.9 Å². The maximum absolute atomic E-state index is 13.0. The molecular weight excluding hydrogens is 559 g/mol. The summed E-state index contributed by atoms with van der Waals surface area (Å²) in [6, 6.07) is 16.5. The second kappa shape index (κ2) is 11.3. The van der Waals surface area contributed by atoms with Gasteiger partial charge in [-0.2, -0.15) is 5.10 Å². The minimum atomic E-state index is -0.546. The topological polar surface area (TPSA) is 132 Å². The Kier molecular flexibility index (Phi) is 7.67. The number of nitro groups is 1. The first-order valence-electron chi connectivity index (χ1n) is 12.1. The van der Waals surface area contributed by atoms with Gasteiger partial charge < -0.3 is 14.2 Å². The number of carbonyl (C=O) groups excluding carboxylic acids is 2. The molecule has 0 radical (unpaired) electrons. The largest absolute Gasteiger partial charge is 0.495 e. The summed E-state index contributed by atoms with van der Waals surface area (Å²) in [6.07, 6.45) is 1.45. The zero-order chi connectivity index (χ0) is 28.4. The molecule has 2 heterocycles. The van der Waals surface area contributed by atoms with Gasteiger partial charge in [0.1, 0.15) is 18.1 Å². The van der Waals surface area contributed by atoms with E-state index in [0.717, 1.165) is 5.52 Å². The van der Waals surface area contributed by atoms with Crippen LogP contribution in [-0.2, 0) is 16.1 Å². The molecule has 1 fully saturated rings. The summed E-state index contributed by atoms with van der Waals surface area (Å²) in [4.78, 5) is 42.8. The first kappa shape index (κ1) is 27.1. The van der Waals surface area contributed by atoms with Crippen molar-refractivity contribution in [2.75, 3.05) is 18.6 Å². The Bertz CT molecular complexity index is 1670. The van der Waals surface area contributed by atoms with Crippen LogP contribution in [0.15, 0.2) is 65.8 Å². The fourth-order valence-electron chi connectivity index (χ4n) is 4.62. The predicted molar refractivity (Wildman–Crippen MR) is 151 cm³/mol. The lowest BCUT2D eigenvalue weighted by molar-refractivity contribution is -0.384. The third kappa shape index (κ3) is 5.47. The fraction of sp³-hybridized carbons (Fsp3) is 0.185. The molecule has 0 aliphatic carbocycles.